The Bertz CT molecular complexity index is 938. The van der Waals surface area contributed by atoms with Gasteiger partial charge in [-0.25, -0.2) is 9.18 Å². The molecule has 142 valence electrons. The van der Waals surface area contributed by atoms with Crippen molar-refractivity contribution in [3.8, 4) is 0 Å². The second-order valence-electron chi connectivity index (χ2n) is 5.92. The zero-order chi connectivity index (χ0) is 19.8. The molecule has 1 atom stereocenters. The smallest absolute Gasteiger partial charge is 0.331 e. The molecule has 0 saturated carbocycles. The zero-order valence-corrected chi connectivity index (χ0v) is 15.7. The van der Waals surface area contributed by atoms with Gasteiger partial charge in [-0.2, -0.15) is 0 Å². The number of benzene rings is 2. The summed E-state index contributed by atoms with van der Waals surface area (Å²) < 4.78 is 17.9. The van der Waals surface area contributed by atoms with Gasteiger partial charge in [-0.1, -0.05) is 48.5 Å². The van der Waals surface area contributed by atoms with E-state index in [1.165, 1.54) is 47.8 Å². The maximum absolute atomic E-state index is 12.9. The van der Waals surface area contributed by atoms with E-state index < -0.39 is 11.9 Å². The number of hydrogen-bond acceptors (Lipinski definition) is 4. The lowest BCUT2D eigenvalue weighted by Crippen LogP contribution is -2.32. The van der Waals surface area contributed by atoms with Crippen LogP contribution in [-0.2, 0) is 14.3 Å². The SMILES string of the molecule is O=C(COC(=O)/C=C/c1ccc(F)cc1)N[C@@H](c1ccccc1)c1cccs1. The molecule has 3 rings (SSSR count). The Morgan fingerprint density at radius 1 is 1.04 bits per heavy atom. The monoisotopic (exact) mass is 395 g/mol. The molecule has 0 radical (unpaired) electrons. The van der Waals surface area contributed by atoms with Crippen molar-refractivity contribution in [1.82, 2.24) is 5.32 Å². The van der Waals surface area contributed by atoms with Gasteiger partial charge in [0.1, 0.15) is 5.82 Å². The molecule has 0 bridgehead atoms. The predicted octanol–water partition coefficient (Wildman–Crippen LogP) is 4.35. The van der Waals surface area contributed by atoms with E-state index in [9.17, 15) is 14.0 Å². The highest BCUT2D eigenvalue weighted by molar-refractivity contribution is 7.10. The number of carbonyl (C=O) groups is 2. The van der Waals surface area contributed by atoms with E-state index in [0.29, 0.717) is 5.56 Å². The second-order valence-corrected chi connectivity index (χ2v) is 6.90. The minimum Gasteiger partial charge on any atom is -0.452 e. The summed E-state index contributed by atoms with van der Waals surface area (Å²) in [5, 5.41) is 4.84. The molecule has 0 aliphatic heterocycles. The minimum absolute atomic E-state index is 0.304. The summed E-state index contributed by atoms with van der Waals surface area (Å²) in [6.07, 6.45) is 2.70. The molecule has 0 saturated heterocycles. The molecule has 1 aromatic heterocycles. The molecule has 28 heavy (non-hydrogen) atoms. The van der Waals surface area contributed by atoms with Crippen LogP contribution in [0, 0.1) is 5.82 Å². The second kappa shape index (κ2) is 9.62. The largest absolute Gasteiger partial charge is 0.452 e. The number of thiophene rings is 1. The average molecular weight is 395 g/mol. The van der Waals surface area contributed by atoms with Crippen molar-refractivity contribution in [2.45, 2.75) is 6.04 Å². The lowest BCUT2D eigenvalue weighted by Gasteiger charge is -2.18. The molecule has 0 spiro atoms. The number of ether oxygens (including phenoxy) is 1. The van der Waals surface area contributed by atoms with Crippen LogP contribution in [0.25, 0.3) is 6.08 Å². The first-order valence-corrected chi connectivity index (χ1v) is 9.48. The molecule has 1 heterocycles. The van der Waals surface area contributed by atoms with Crippen molar-refractivity contribution in [1.29, 1.82) is 0 Å². The first-order valence-electron chi connectivity index (χ1n) is 8.60. The fourth-order valence-electron chi connectivity index (χ4n) is 2.55. The highest BCUT2D eigenvalue weighted by Crippen LogP contribution is 2.25. The van der Waals surface area contributed by atoms with E-state index in [2.05, 4.69) is 5.32 Å². The van der Waals surface area contributed by atoms with Crippen LogP contribution in [0.3, 0.4) is 0 Å². The fraction of sp³-hybridized carbons (Fsp3) is 0.0909. The molecule has 4 nitrogen and oxygen atoms in total. The van der Waals surface area contributed by atoms with E-state index in [4.69, 9.17) is 4.74 Å². The van der Waals surface area contributed by atoms with Crippen LogP contribution in [0.5, 0.6) is 0 Å². The summed E-state index contributed by atoms with van der Waals surface area (Å²) in [6, 6.07) is 18.8. The number of halogens is 1. The first kappa shape index (κ1) is 19.5. The fourth-order valence-corrected chi connectivity index (χ4v) is 3.35. The summed E-state index contributed by atoms with van der Waals surface area (Å²) >= 11 is 1.54. The normalized spacial score (nSPS) is 11.9. The summed E-state index contributed by atoms with van der Waals surface area (Å²) in [5.41, 5.74) is 1.60. The van der Waals surface area contributed by atoms with Crippen molar-refractivity contribution < 1.29 is 18.7 Å². The lowest BCUT2D eigenvalue weighted by molar-refractivity contribution is -0.143. The third kappa shape index (κ3) is 5.62. The van der Waals surface area contributed by atoms with Gasteiger partial charge in [0.25, 0.3) is 5.91 Å². The first-order chi connectivity index (χ1) is 13.6. The van der Waals surface area contributed by atoms with Gasteiger partial charge in [-0.3, -0.25) is 4.79 Å². The molecule has 0 aliphatic carbocycles. The summed E-state index contributed by atoms with van der Waals surface area (Å²) in [5.74, 6) is -1.40. The maximum atomic E-state index is 12.9. The van der Waals surface area contributed by atoms with Gasteiger partial charge in [-0.15, -0.1) is 11.3 Å². The van der Waals surface area contributed by atoms with Gasteiger partial charge in [-0.05, 0) is 40.8 Å². The Balaban J connectivity index is 1.56. The molecular weight excluding hydrogens is 377 g/mol. The van der Waals surface area contributed by atoms with E-state index in [-0.39, 0.29) is 18.5 Å². The van der Waals surface area contributed by atoms with E-state index in [0.717, 1.165) is 10.4 Å². The number of amides is 1. The Morgan fingerprint density at radius 3 is 2.46 bits per heavy atom. The molecule has 1 amide bonds. The third-order valence-corrected chi connectivity index (χ3v) is 4.83. The average Bonchev–Trinajstić information content (AvgIpc) is 3.25. The third-order valence-electron chi connectivity index (χ3n) is 3.89. The van der Waals surface area contributed by atoms with Gasteiger partial charge in [0.2, 0.25) is 0 Å². The lowest BCUT2D eigenvalue weighted by atomic mass is 10.1. The van der Waals surface area contributed by atoms with E-state index >= 15 is 0 Å². The Kier molecular flexibility index (Phi) is 6.70. The number of hydrogen-bond donors (Lipinski definition) is 1. The van der Waals surface area contributed by atoms with Crippen LogP contribution < -0.4 is 5.32 Å². The number of esters is 1. The van der Waals surface area contributed by atoms with Crippen molar-refractivity contribution in [3.63, 3.8) is 0 Å². The van der Waals surface area contributed by atoms with Gasteiger partial charge < -0.3 is 10.1 Å². The number of carbonyl (C=O) groups excluding carboxylic acids is 2. The Hall–Kier alpha value is -3.25. The minimum atomic E-state index is -0.646. The van der Waals surface area contributed by atoms with Crippen LogP contribution in [0.2, 0.25) is 0 Å². The summed E-state index contributed by atoms with van der Waals surface area (Å²) in [7, 11) is 0. The maximum Gasteiger partial charge on any atom is 0.331 e. The van der Waals surface area contributed by atoms with Crippen LogP contribution >= 0.6 is 11.3 Å². The molecule has 0 fully saturated rings. The van der Waals surface area contributed by atoms with Crippen molar-refractivity contribution in [2.75, 3.05) is 6.61 Å². The molecule has 0 unspecified atom stereocenters. The van der Waals surface area contributed by atoms with Crippen molar-refractivity contribution in [2.24, 2.45) is 0 Å². The zero-order valence-electron chi connectivity index (χ0n) is 14.9. The van der Waals surface area contributed by atoms with Crippen LogP contribution in [0.4, 0.5) is 4.39 Å². The van der Waals surface area contributed by atoms with Gasteiger partial charge in [0.05, 0.1) is 6.04 Å². The summed E-state index contributed by atoms with van der Waals surface area (Å²) in [4.78, 5) is 25.1. The van der Waals surface area contributed by atoms with E-state index in [1.807, 2.05) is 47.8 Å². The van der Waals surface area contributed by atoms with Gasteiger partial charge >= 0.3 is 5.97 Å². The Morgan fingerprint density at radius 2 is 1.79 bits per heavy atom. The summed E-state index contributed by atoms with van der Waals surface area (Å²) in [6.45, 7) is -0.388. The van der Waals surface area contributed by atoms with Crippen LogP contribution in [-0.4, -0.2) is 18.5 Å². The molecule has 2 aromatic carbocycles. The highest BCUT2D eigenvalue weighted by Gasteiger charge is 2.18. The van der Waals surface area contributed by atoms with Crippen molar-refractivity contribution >= 4 is 29.3 Å². The topological polar surface area (TPSA) is 55.4 Å². The van der Waals surface area contributed by atoms with Crippen LogP contribution in [0.15, 0.2) is 78.2 Å². The molecular formula is C22H18FNO3S. The van der Waals surface area contributed by atoms with E-state index in [1.54, 1.807) is 0 Å². The van der Waals surface area contributed by atoms with Crippen molar-refractivity contribution in [3.05, 3.63) is 100 Å². The van der Waals surface area contributed by atoms with Gasteiger partial charge in [0, 0.05) is 11.0 Å². The Labute approximate surface area is 166 Å². The van der Waals surface area contributed by atoms with Crippen LogP contribution in [0.1, 0.15) is 22.0 Å². The molecule has 6 heteroatoms. The quantitative estimate of drug-likeness (QED) is 0.478. The molecule has 0 aliphatic rings. The number of rotatable bonds is 7. The molecule has 1 N–H and O–H groups in total. The number of nitrogens with one attached hydrogen (secondary N) is 1. The molecule has 3 aromatic rings. The highest BCUT2D eigenvalue weighted by atomic mass is 32.1. The predicted molar refractivity (Wildman–Crippen MR) is 107 cm³/mol. The van der Waals surface area contributed by atoms with Gasteiger partial charge in [0.15, 0.2) is 6.61 Å². The standard InChI is InChI=1S/C22H18FNO3S/c23-18-11-8-16(9-12-18)10-13-21(26)27-15-20(25)24-22(19-7-4-14-28-19)17-5-2-1-3-6-17/h1-14,22H,15H2,(H,24,25)/b13-10+/t22-/m0/s1.